The maximum absolute atomic E-state index is 12.0. The van der Waals surface area contributed by atoms with Gasteiger partial charge in [-0.1, -0.05) is 23.7 Å². The summed E-state index contributed by atoms with van der Waals surface area (Å²) in [5.74, 6) is 0.507. The number of nitrogens with one attached hydrogen (secondary N) is 1. The number of hydrogen-bond acceptors (Lipinski definition) is 3. The molecule has 1 aromatic rings. The Morgan fingerprint density at radius 2 is 2.32 bits per heavy atom. The highest BCUT2D eigenvalue weighted by Gasteiger charge is 2.35. The molecule has 0 bridgehead atoms. The number of benzene rings is 1. The Morgan fingerprint density at radius 3 is 2.95 bits per heavy atom. The maximum atomic E-state index is 12.0. The van der Waals surface area contributed by atoms with Crippen LogP contribution >= 0.6 is 11.6 Å². The molecule has 1 aliphatic rings. The second-order valence-corrected chi connectivity index (χ2v) is 6.64. The summed E-state index contributed by atoms with van der Waals surface area (Å²) >= 11 is 5.99. The van der Waals surface area contributed by atoms with Crippen LogP contribution in [-0.4, -0.2) is 39.6 Å². The van der Waals surface area contributed by atoms with E-state index in [1.807, 2.05) is 25.1 Å². The first-order valence-corrected chi connectivity index (χ1v) is 8.19. The van der Waals surface area contributed by atoms with Gasteiger partial charge in [0.25, 0.3) is 0 Å². The Bertz CT molecular complexity index is 509. The third kappa shape index (κ3) is 3.35. The number of carbonyl (C=O) groups is 1. The fourth-order valence-corrected chi connectivity index (χ4v) is 3.43. The van der Waals surface area contributed by atoms with Gasteiger partial charge in [0.05, 0.1) is 6.54 Å². The third-order valence-corrected chi connectivity index (χ3v) is 4.31. The molecular weight excluding hydrogens is 284 g/mol. The molecule has 1 amide bonds. The predicted molar refractivity (Wildman–Crippen MR) is 77.4 cm³/mol. The summed E-state index contributed by atoms with van der Waals surface area (Å²) in [6.45, 7) is 2.22. The highest BCUT2D eigenvalue weighted by molar-refractivity contribution is 7.84. The average Bonchev–Trinajstić information content (AvgIpc) is 2.70. The molecule has 1 heterocycles. The summed E-state index contributed by atoms with van der Waals surface area (Å²) in [5.41, 5.74) is 0.951. The van der Waals surface area contributed by atoms with Gasteiger partial charge in [0.15, 0.2) is 0 Å². The van der Waals surface area contributed by atoms with Crippen molar-refractivity contribution in [3.63, 3.8) is 0 Å². The van der Waals surface area contributed by atoms with Crippen molar-refractivity contribution in [2.24, 2.45) is 0 Å². The van der Waals surface area contributed by atoms with E-state index in [2.05, 4.69) is 5.32 Å². The van der Waals surface area contributed by atoms with E-state index in [9.17, 15) is 9.00 Å². The minimum atomic E-state index is -0.930. The van der Waals surface area contributed by atoms with E-state index < -0.39 is 10.8 Å². The van der Waals surface area contributed by atoms with Crippen LogP contribution in [0, 0.1) is 0 Å². The van der Waals surface area contributed by atoms with Gasteiger partial charge in [-0.15, -0.1) is 0 Å². The zero-order chi connectivity index (χ0) is 14.0. The Hall–Kier alpha value is -0.910. The van der Waals surface area contributed by atoms with Crippen molar-refractivity contribution >= 4 is 28.3 Å². The minimum Gasteiger partial charge on any atom is -0.318 e. The van der Waals surface area contributed by atoms with Gasteiger partial charge in [0.2, 0.25) is 5.91 Å². The van der Waals surface area contributed by atoms with Gasteiger partial charge in [0.1, 0.15) is 6.17 Å². The zero-order valence-corrected chi connectivity index (χ0v) is 12.5. The topological polar surface area (TPSA) is 49.4 Å². The van der Waals surface area contributed by atoms with Crippen molar-refractivity contribution in [2.45, 2.75) is 19.1 Å². The lowest BCUT2D eigenvalue weighted by Gasteiger charge is -2.30. The number of halogens is 1. The molecule has 19 heavy (non-hydrogen) atoms. The Balaban J connectivity index is 2.24. The molecule has 1 fully saturated rings. The molecule has 104 valence electrons. The van der Waals surface area contributed by atoms with E-state index in [-0.39, 0.29) is 18.1 Å². The van der Waals surface area contributed by atoms with Crippen LogP contribution < -0.4 is 5.32 Å². The molecular formula is C13H17ClN2O2S. The van der Waals surface area contributed by atoms with Crippen molar-refractivity contribution in [1.29, 1.82) is 0 Å². The summed E-state index contributed by atoms with van der Waals surface area (Å²) < 4.78 is 11.3. The van der Waals surface area contributed by atoms with E-state index in [4.69, 9.17) is 11.6 Å². The number of nitrogens with zero attached hydrogens (tertiary/aromatic N) is 1. The van der Waals surface area contributed by atoms with Gasteiger partial charge in [-0.3, -0.25) is 14.3 Å². The van der Waals surface area contributed by atoms with Crippen molar-refractivity contribution in [3.05, 3.63) is 34.9 Å². The fourth-order valence-electron chi connectivity index (χ4n) is 2.39. The number of amides is 1. The first-order chi connectivity index (χ1) is 8.99. The van der Waals surface area contributed by atoms with Crippen molar-refractivity contribution in [3.8, 4) is 0 Å². The largest absolute Gasteiger partial charge is 0.318 e. The summed E-state index contributed by atoms with van der Waals surface area (Å²) in [5, 5.41) is 3.82. The maximum Gasteiger partial charge on any atom is 0.238 e. The van der Waals surface area contributed by atoms with Crippen molar-refractivity contribution in [1.82, 2.24) is 10.2 Å². The lowest BCUT2D eigenvalue weighted by Crippen LogP contribution is -2.40. The van der Waals surface area contributed by atoms with E-state index >= 15 is 0 Å². The van der Waals surface area contributed by atoms with Crippen LogP contribution in [0.5, 0.6) is 0 Å². The molecule has 0 saturated carbocycles. The van der Waals surface area contributed by atoms with Gasteiger partial charge in [-0.05, 0) is 24.6 Å². The third-order valence-electron chi connectivity index (χ3n) is 3.13. The Kier molecular flexibility index (Phi) is 4.60. The lowest BCUT2D eigenvalue weighted by molar-refractivity contribution is -0.129. The molecule has 2 rings (SSSR count). The predicted octanol–water partition coefficient (Wildman–Crippen LogP) is 1.54. The molecule has 0 aliphatic carbocycles. The highest BCUT2D eigenvalue weighted by Crippen LogP contribution is 2.26. The molecule has 0 aromatic heterocycles. The van der Waals surface area contributed by atoms with E-state index in [1.165, 1.54) is 0 Å². The normalized spacial score (nSPS) is 22.6. The van der Waals surface area contributed by atoms with Crippen LogP contribution in [0.15, 0.2) is 24.3 Å². The van der Waals surface area contributed by atoms with Crippen LogP contribution in [-0.2, 0) is 15.6 Å². The molecule has 6 heteroatoms. The number of carbonyl (C=O) groups excluding carboxylic acids is 1. The smallest absolute Gasteiger partial charge is 0.238 e. The monoisotopic (exact) mass is 300 g/mol. The standard InChI is InChI=1S/C13H17ClN2O2S/c1-9(8-19(2)18)16-12(17)7-15-13(16)10-4-3-5-11(14)6-10/h3-6,9,13,15H,7-8H2,1-2H3. The summed E-state index contributed by atoms with van der Waals surface area (Å²) in [6.07, 6.45) is 1.46. The second kappa shape index (κ2) is 6.03. The summed E-state index contributed by atoms with van der Waals surface area (Å²) in [4.78, 5) is 13.8. The first-order valence-electron chi connectivity index (χ1n) is 6.09. The van der Waals surface area contributed by atoms with Crippen LogP contribution in [0.3, 0.4) is 0 Å². The molecule has 4 nitrogen and oxygen atoms in total. The fraction of sp³-hybridized carbons (Fsp3) is 0.462. The molecule has 1 saturated heterocycles. The van der Waals surface area contributed by atoms with Gasteiger partial charge >= 0.3 is 0 Å². The van der Waals surface area contributed by atoms with Gasteiger partial charge in [-0.2, -0.15) is 0 Å². The Morgan fingerprint density at radius 1 is 1.58 bits per heavy atom. The van der Waals surface area contributed by atoms with Crippen molar-refractivity contribution < 1.29 is 9.00 Å². The second-order valence-electron chi connectivity index (χ2n) is 4.73. The summed E-state index contributed by atoms with van der Waals surface area (Å²) in [7, 11) is -0.930. The Labute approximate surface area is 120 Å². The van der Waals surface area contributed by atoms with Crippen LogP contribution in [0.2, 0.25) is 5.02 Å². The van der Waals surface area contributed by atoms with E-state index in [1.54, 1.807) is 17.2 Å². The molecule has 1 N–H and O–H groups in total. The zero-order valence-electron chi connectivity index (χ0n) is 10.9. The number of rotatable bonds is 4. The molecule has 0 spiro atoms. The van der Waals surface area contributed by atoms with Gasteiger partial charge in [-0.25, -0.2) is 0 Å². The van der Waals surface area contributed by atoms with E-state index in [0.29, 0.717) is 17.3 Å². The molecule has 1 aromatic carbocycles. The lowest BCUT2D eigenvalue weighted by atomic mass is 10.1. The molecule has 3 unspecified atom stereocenters. The highest BCUT2D eigenvalue weighted by atomic mass is 35.5. The summed E-state index contributed by atoms with van der Waals surface area (Å²) in [6, 6.07) is 7.38. The van der Waals surface area contributed by atoms with E-state index in [0.717, 1.165) is 5.56 Å². The van der Waals surface area contributed by atoms with Crippen LogP contribution in [0.1, 0.15) is 18.7 Å². The van der Waals surface area contributed by atoms with Gasteiger partial charge in [0, 0.05) is 33.9 Å². The SMILES string of the molecule is CC(CS(C)=O)N1C(=O)CNC1c1cccc(Cl)c1. The molecule has 3 atom stereocenters. The number of hydrogen-bond donors (Lipinski definition) is 1. The van der Waals surface area contributed by atoms with Gasteiger partial charge < -0.3 is 4.90 Å². The van der Waals surface area contributed by atoms with Crippen molar-refractivity contribution in [2.75, 3.05) is 18.6 Å². The quantitative estimate of drug-likeness (QED) is 0.917. The molecule has 1 aliphatic heterocycles. The van der Waals surface area contributed by atoms with Crippen LogP contribution in [0.4, 0.5) is 0 Å². The van der Waals surface area contributed by atoms with Crippen LogP contribution in [0.25, 0.3) is 0 Å². The first kappa shape index (κ1) is 14.5. The average molecular weight is 301 g/mol. The minimum absolute atomic E-state index is 0.0305. The molecule has 0 radical (unpaired) electrons.